The zero-order chi connectivity index (χ0) is 16.2. The molecule has 0 aliphatic carbocycles. The lowest BCUT2D eigenvalue weighted by molar-refractivity contribution is -0.275. The Kier molecular flexibility index (Phi) is 6.10. The molecule has 0 atom stereocenters. The van der Waals surface area contributed by atoms with E-state index < -0.39 is 42.2 Å². The van der Waals surface area contributed by atoms with Gasteiger partial charge in [0.2, 0.25) is 0 Å². The minimum Gasteiger partial charge on any atom is -0.466 e. The first kappa shape index (κ1) is 17.9. The molecule has 0 fully saturated rings. The SMILES string of the molecule is CCOC(=O)Cc1ncc(I)c(OC(F)(F)F)c1C(F)F. The Balaban J connectivity index is 3.26. The third-order valence-electron chi connectivity index (χ3n) is 2.16. The minimum absolute atomic E-state index is 0.0130. The van der Waals surface area contributed by atoms with Gasteiger partial charge in [0.25, 0.3) is 6.43 Å². The molecule has 4 nitrogen and oxygen atoms in total. The highest BCUT2D eigenvalue weighted by atomic mass is 127. The summed E-state index contributed by atoms with van der Waals surface area (Å²) in [4.78, 5) is 14.9. The zero-order valence-corrected chi connectivity index (χ0v) is 12.7. The van der Waals surface area contributed by atoms with E-state index in [1.54, 1.807) is 0 Å². The van der Waals surface area contributed by atoms with Crippen molar-refractivity contribution in [1.29, 1.82) is 0 Å². The number of pyridine rings is 1. The van der Waals surface area contributed by atoms with Crippen molar-refractivity contribution in [3.05, 3.63) is 21.0 Å². The van der Waals surface area contributed by atoms with Crippen LogP contribution in [0.5, 0.6) is 5.75 Å². The summed E-state index contributed by atoms with van der Waals surface area (Å²) in [7, 11) is 0. The summed E-state index contributed by atoms with van der Waals surface area (Å²) >= 11 is 1.39. The largest absolute Gasteiger partial charge is 0.573 e. The van der Waals surface area contributed by atoms with Crippen LogP contribution in [0.15, 0.2) is 6.20 Å². The van der Waals surface area contributed by atoms with Gasteiger partial charge in [-0.1, -0.05) is 0 Å². The average molecular weight is 425 g/mol. The van der Waals surface area contributed by atoms with Gasteiger partial charge >= 0.3 is 12.3 Å². The zero-order valence-electron chi connectivity index (χ0n) is 10.5. The van der Waals surface area contributed by atoms with Crippen LogP contribution in [0.2, 0.25) is 0 Å². The molecule has 21 heavy (non-hydrogen) atoms. The van der Waals surface area contributed by atoms with Gasteiger partial charge in [-0.05, 0) is 29.5 Å². The Morgan fingerprint density at radius 2 is 2.05 bits per heavy atom. The van der Waals surface area contributed by atoms with Crippen molar-refractivity contribution in [3.8, 4) is 5.75 Å². The van der Waals surface area contributed by atoms with Gasteiger partial charge in [0.15, 0.2) is 5.75 Å². The van der Waals surface area contributed by atoms with Gasteiger partial charge in [0.1, 0.15) is 0 Å². The number of ether oxygens (including phenoxy) is 2. The molecule has 0 aliphatic rings. The lowest BCUT2D eigenvalue weighted by Crippen LogP contribution is -2.21. The number of nitrogens with zero attached hydrogens (tertiary/aromatic N) is 1. The average Bonchev–Trinajstić information content (AvgIpc) is 2.31. The van der Waals surface area contributed by atoms with E-state index in [2.05, 4.69) is 14.5 Å². The fourth-order valence-corrected chi connectivity index (χ4v) is 2.00. The summed E-state index contributed by atoms with van der Waals surface area (Å²) in [5.74, 6) is -1.92. The van der Waals surface area contributed by atoms with Crippen molar-refractivity contribution in [2.45, 2.75) is 26.1 Å². The number of aromatic nitrogens is 1. The molecule has 1 heterocycles. The van der Waals surface area contributed by atoms with E-state index in [1.807, 2.05) is 0 Å². The second kappa shape index (κ2) is 7.18. The Labute approximate surface area is 129 Å². The molecule has 1 aromatic rings. The maximum absolute atomic E-state index is 13.0. The number of carbonyl (C=O) groups is 1. The standard InChI is InChI=1S/C11H9F5INO3/c1-2-20-7(19)3-6-8(10(12)13)9(5(17)4-18-6)21-11(14,15)16/h4,10H,2-3H2,1H3. The smallest absolute Gasteiger partial charge is 0.466 e. The van der Waals surface area contributed by atoms with Crippen LogP contribution in [0.25, 0.3) is 0 Å². The van der Waals surface area contributed by atoms with Gasteiger partial charge in [-0.15, -0.1) is 13.2 Å². The normalized spacial score (nSPS) is 11.6. The molecule has 0 amide bonds. The summed E-state index contributed by atoms with van der Waals surface area (Å²) in [6.07, 6.45) is -8.17. The number of hydrogen-bond donors (Lipinski definition) is 0. The molecule has 0 saturated heterocycles. The highest BCUT2D eigenvalue weighted by molar-refractivity contribution is 14.1. The van der Waals surface area contributed by atoms with Crippen LogP contribution < -0.4 is 4.74 Å². The second-order valence-electron chi connectivity index (χ2n) is 3.63. The van der Waals surface area contributed by atoms with Crippen molar-refractivity contribution >= 4 is 28.6 Å². The van der Waals surface area contributed by atoms with Crippen molar-refractivity contribution < 1.29 is 36.2 Å². The Morgan fingerprint density at radius 3 is 2.52 bits per heavy atom. The van der Waals surface area contributed by atoms with Gasteiger partial charge in [0.05, 0.1) is 27.9 Å². The topological polar surface area (TPSA) is 48.4 Å². The number of hydrogen-bond acceptors (Lipinski definition) is 4. The third kappa shape index (κ3) is 5.25. The lowest BCUT2D eigenvalue weighted by Gasteiger charge is -2.16. The number of halogens is 6. The first-order chi connectivity index (χ1) is 9.65. The Bertz CT molecular complexity index is 521. The molecule has 0 N–H and O–H groups in total. The highest BCUT2D eigenvalue weighted by Crippen LogP contribution is 2.38. The Hall–Kier alpha value is -1.20. The quantitative estimate of drug-likeness (QED) is 0.411. The van der Waals surface area contributed by atoms with E-state index in [1.165, 1.54) is 29.5 Å². The minimum atomic E-state index is -5.13. The molecule has 0 unspecified atom stereocenters. The van der Waals surface area contributed by atoms with E-state index in [-0.39, 0.29) is 10.2 Å². The number of alkyl halides is 5. The van der Waals surface area contributed by atoms with Crippen molar-refractivity contribution in [2.24, 2.45) is 0 Å². The maximum Gasteiger partial charge on any atom is 0.573 e. The van der Waals surface area contributed by atoms with Crippen LogP contribution in [0, 0.1) is 3.57 Å². The fourth-order valence-electron chi connectivity index (χ4n) is 1.46. The number of esters is 1. The predicted molar refractivity (Wildman–Crippen MR) is 68.9 cm³/mol. The first-order valence-electron chi connectivity index (χ1n) is 5.52. The maximum atomic E-state index is 13.0. The molecule has 1 aromatic heterocycles. The molecule has 0 aromatic carbocycles. The molecule has 0 radical (unpaired) electrons. The van der Waals surface area contributed by atoms with E-state index in [4.69, 9.17) is 0 Å². The van der Waals surface area contributed by atoms with Crippen LogP contribution >= 0.6 is 22.6 Å². The molecule has 1 rings (SSSR count). The van der Waals surface area contributed by atoms with Crippen LogP contribution in [0.1, 0.15) is 24.6 Å². The van der Waals surface area contributed by atoms with Gasteiger partial charge < -0.3 is 9.47 Å². The second-order valence-corrected chi connectivity index (χ2v) is 4.79. The Morgan fingerprint density at radius 1 is 1.43 bits per heavy atom. The molecular weight excluding hydrogens is 416 g/mol. The summed E-state index contributed by atoms with van der Waals surface area (Å²) in [5.41, 5.74) is -1.57. The van der Waals surface area contributed by atoms with Gasteiger partial charge in [-0.2, -0.15) is 0 Å². The third-order valence-corrected chi connectivity index (χ3v) is 2.93. The number of rotatable bonds is 5. The molecule has 118 valence electrons. The van der Waals surface area contributed by atoms with Crippen LogP contribution in [-0.2, 0) is 16.0 Å². The van der Waals surface area contributed by atoms with Gasteiger partial charge in [-0.3, -0.25) is 9.78 Å². The van der Waals surface area contributed by atoms with Crippen molar-refractivity contribution in [2.75, 3.05) is 6.61 Å². The molecule has 0 aliphatic heterocycles. The number of carbonyl (C=O) groups excluding carboxylic acids is 1. The monoisotopic (exact) mass is 425 g/mol. The van der Waals surface area contributed by atoms with Gasteiger partial charge in [0, 0.05) is 6.20 Å². The summed E-state index contributed by atoms with van der Waals surface area (Å²) in [5, 5.41) is 0. The first-order valence-corrected chi connectivity index (χ1v) is 6.60. The van der Waals surface area contributed by atoms with Crippen LogP contribution in [0.3, 0.4) is 0 Å². The highest BCUT2D eigenvalue weighted by Gasteiger charge is 2.36. The summed E-state index contributed by atoms with van der Waals surface area (Å²) in [6.45, 7) is 1.52. The van der Waals surface area contributed by atoms with E-state index in [0.717, 1.165) is 6.20 Å². The van der Waals surface area contributed by atoms with E-state index in [0.29, 0.717) is 0 Å². The van der Waals surface area contributed by atoms with Crippen molar-refractivity contribution in [3.63, 3.8) is 0 Å². The molecule has 0 saturated carbocycles. The molecular formula is C11H9F5INO3. The van der Waals surface area contributed by atoms with Crippen LogP contribution in [0.4, 0.5) is 22.0 Å². The van der Waals surface area contributed by atoms with Gasteiger partial charge in [-0.25, -0.2) is 8.78 Å². The predicted octanol–water partition coefficient (Wildman–Crippen LogP) is 3.63. The van der Waals surface area contributed by atoms with Crippen LogP contribution in [-0.4, -0.2) is 23.9 Å². The van der Waals surface area contributed by atoms with E-state index in [9.17, 15) is 26.7 Å². The van der Waals surface area contributed by atoms with E-state index >= 15 is 0 Å². The fraction of sp³-hybridized carbons (Fsp3) is 0.455. The van der Waals surface area contributed by atoms with Crippen molar-refractivity contribution in [1.82, 2.24) is 4.98 Å². The molecule has 0 spiro atoms. The summed E-state index contributed by atoms with van der Waals surface area (Å²) < 4.78 is 70.9. The lowest BCUT2D eigenvalue weighted by atomic mass is 10.1. The summed E-state index contributed by atoms with van der Waals surface area (Å²) in [6, 6.07) is 0. The molecule has 10 heteroatoms. The molecule has 0 bridgehead atoms.